The van der Waals surface area contributed by atoms with E-state index in [1.165, 1.54) is 16.7 Å². The van der Waals surface area contributed by atoms with Crippen LogP contribution in [-0.4, -0.2) is 7.11 Å². The van der Waals surface area contributed by atoms with Gasteiger partial charge in [-0.3, -0.25) is 0 Å². The van der Waals surface area contributed by atoms with E-state index in [1.807, 2.05) is 26.0 Å². The first-order chi connectivity index (χ1) is 8.52. The van der Waals surface area contributed by atoms with Gasteiger partial charge in [-0.05, 0) is 50.1 Å². The predicted octanol–water partition coefficient (Wildman–Crippen LogP) is 4.70. The van der Waals surface area contributed by atoms with E-state index in [-0.39, 0.29) is 4.83 Å². The van der Waals surface area contributed by atoms with Gasteiger partial charge in [-0.2, -0.15) is 0 Å². The summed E-state index contributed by atoms with van der Waals surface area (Å²) in [4.78, 5) is 0.154. The number of methoxy groups -OCH3 is 1. The van der Waals surface area contributed by atoms with E-state index in [9.17, 15) is 0 Å². The third-order valence-electron chi connectivity index (χ3n) is 3.10. The minimum absolute atomic E-state index is 0.154. The summed E-state index contributed by atoms with van der Waals surface area (Å²) in [6.07, 6.45) is 0. The van der Waals surface area contributed by atoms with Gasteiger partial charge in [-0.15, -0.1) is 0 Å². The largest absolute Gasteiger partial charge is 0.497 e. The average molecular weight is 309 g/mol. The predicted molar refractivity (Wildman–Crippen MR) is 76.7 cm³/mol. The molecule has 2 rings (SSSR count). The van der Waals surface area contributed by atoms with Crippen molar-refractivity contribution in [3.63, 3.8) is 0 Å². The molecule has 1 aromatic heterocycles. The molecule has 0 bridgehead atoms. The molecule has 1 unspecified atom stereocenters. The lowest BCUT2D eigenvalue weighted by molar-refractivity contribution is 0.414. The maximum Gasteiger partial charge on any atom is 0.119 e. The fourth-order valence-electron chi connectivity index (χ4n) is 2.13. The van der Waals surface area contributed by atoms with Crippen molar-refractivity contribution in [3.05, 3.63) is 52.5 Å². The van der Waals surface area contributed by atoms with E-state index >= 15 is 0 Å². The fourth-order valence-corrected chi connectivity index (χ4v) is 3.10. The third kappa shape index (κ3) is 2.46. The Morgan fingerprint density at radius 3 is 2.33 bits per heavy atom. The molecule has 1 atom stereocenters. The van der Waals surface area contributed by atoms with Crippen molar-refractivity contribution in [2.45, 2.75) is 25.6 Å². The zero-order valence-corrected chi connectivity index (χ0v) is 12.7. The van der Waals surface area contributed by atoms with Crippen LogP contribution in [0.1, 0.15) is 33.0 Å². The van der Waals surface area contributed by atoms with Crippen molar-refractivity contribution in [2.75, 3.05) is 7.11 Å². The Bertz CT molecular complexity index is 558. The standard InChI is InChI=1S/C15H17BrO2/c1-9-7-12(17-4)5-6-13(9)15(16)14-8-10(2)18-11(14)3/h5-8,15H,1-4H3. The Morgan fingerprint density at radius 1 is 1.11 bits per heavy atom. The lowest BCUT2D eigenvalue weighted by atomic mass is 10.0. The zero-order chi connectivity index (χ0) is 13.3. The molecule has 0 N–H and O–H groups in total. The Labute approximate surface area is 116 Å². The van der Waals surface area contributed by atoms with Crippen LogP contribution in [0, 0.1) is 20.8 Å². The van der Waals surface area contributed by atoms with Crippen molar-refractivity contribution in [3.8, 4) is 5.75 Å². The molecule has 18 heavy (non-hydrogen) atoms. The first-order valence-corrected chi connectivity index (χ1v) is 6.80. The highest BCUT2D eigenvalue weighted by molar-refractivity contribution is 9.09. The van der Waals surface area contributed by atoms with Crippen molar-refractivity contribution in [1.82, 2.24) is 0 Å². The van der Waals surface area contributed by atoms with Crippen LogP contribution in [0.2, 0.25) is 0 Å². The first-order valence-electron chi connectivity index (χ1n) is 5.88. The van der Waals surface area contributed by atoms with Crippen LogP contribution >= 0.6 is 15.9 Å². The lowest BCUT2D eigenvalue weighted by Crippen LogP contribution is -1.97. The number of rotatable bonds is 3. The van der Waals surface area contributed by atoms with Gasteiger partial charge in [0.25, 0.3) is 0 Å². The van der Waals surface area contributed by atoms with E-state index in [0.717, 1.165) is 17.3 Å². The van der Waals surface area contributed by atoms with Gasteiger partial charge in [0, 0.05) is 5.56 Å². The first kappa shape index (κ1) is 13.2. The maximum absolute atomic E-state index is 5.59. The van der Waals surface area contributed by atoms with Crippen molar-refractivity contribution >= 4 is 15.9 Å². The van der Waals surface area contributed by atoms with Crippen LogP contribution in [0.15, 0.2) is 28.7 Å². The number of halogens is 1. The molecule has 0 aliphatic carbocycles. The van der Waals surface area contributed by atoms with E-state index in [1.54, 1.807) is 7.11 Å². The monoisotopic (exact) mass is 308 g/mol. The van der Waals surface area contributed by atoms with Crippen molar-refractivity contribution in [2.24, 2.45) is 0 Å². The minimum atomic E-state index is 0.154. The molecule has 0 amide bonds. The van der Waals surface area contributed by atoms with Gasteiger partial charge in [-0.25, -0.2) is 0 Å². The highest BCUT2D eigenvalue weighted by Crippen LogP contribution is 2.36. The summed E-state index contributed by atoms with van der Waals surface area (Å²) in [5, 5.41) is 0. The van der Waals surface area contributed by atoms with Crippen LogP contribution in [0.5, 0.6) is 5.75 Å². The second kappa shape index (κ2) is 5.19. The summed E-state index contributed by atoms with van der Waals surface area (Å²) in [6, 6.07) is 8.21. The van der Waals surface area contributed by atoms with Gasteiger partial charge in [0.2, 0.25) is 0 Å². The van der Waals surface area contributed by atoms with E-state index < -0.39 is 0 Å². The van der Waals surface area contributed by atoms with Crippen LogP contribution in [0.25, 0.3) is 0 Å². The van der Waals surface area contributed by atoms with Gasteiger partial charge >= 0.3 is 0 Å². The molecule has 2 nitrogen and oxygen atoms in total. The van der Waals surface area contributed by atoms with Crippen LogP contribution in [-0.2, 0) is 0 Å². The van der Waals surface area contributed by atoms with Gasteiger partial charge < -0.3 is 9.15 Å². The molecule has 0 saturated carbocycles. The SMILES string of the molecule is COc1ccc(C(Br)c2cc(C)oc2C)c(C)c1. The Balaban J connectivity index is 2.39. The molecule has 0 saturated heterocycles. The fraction of sp³-hybridized carbons (Fsp3) is 0.333. The molecule has 1 aromatic carbocycles. The van der Waals surface area contributed by atoms with Crippen LogP contribution in [0.3, 0.4) is 0 Å². The molecule has 3 heteroatoms. The Kier molecular flexibility index (Phi) is 3.81. The van der Waals surface area contributed by atoms with Gasteiger partial charge in [-0.1, -0.05) is 22.0 Å². The summed E-state index contributed by atoms with van der Waals surface area (Å²) >= 11 is 3.75. The number of ether oxygens (including phenoxy) is 1. The molecular weight excluding hydrogens is 292 g/mol. The zero-order valence-electron chi connectivity index (χ0n) is 11.1. The number of furan rings is 1. The minimum Gasteiger partial charge on any atom is -0.497 e. The summed E-state index contributed by atoms with van der Waals surface area (Å²) in [5.41, 5.74) is 3.62. The number of hydrogen-bond donors (Lipinski definition) is 0. The molecule has 96 valence electrons. The summed E-state index contributed by atoms with van der Waals surface area (Å²) in [7, 11) is 1.68. The second-order valence-electron chi connectivity index (χ2n) is 4.45. The summed E-state index contributed by atoms with van der Waals surface area (Å²) < 4.78 is 10.8. The molecule has 1 heterocycles. The topological polar surface area (TPSA) is 22.4 Å². The van der Waals surface area contributed by atoms with Crippen molar-refractivity contribution in [1.29, 1.82) is 0 Å². The van der Waals surface area contributed by atoms with E-state index in [2.05, 4.69) is 35.0 Å². The number of hydrogen-bond acceptors (Lipinski definition) is 2. The molecule has 0 spiro atoms. The summed E-state index contributed by atoms with van der Waals surface area (Å²) in [5.74, 6) is 2.79. The van der Waals surface area contributed by atoms with Crippen LogP contribution < -0.4 is 4.74 Å². The molecule has 0 aliphatic rings. The number of aryl methyl sites for hydroxylation is 3. The Hall–Kier alpha value is -1.22. The number of benzene rings is 1. The van der Waals surface area contributed by atoms with E-state index in [4.69, 9.17) is 9.15 Å². The van der Waals surface area contributed by atoms with Crippen molar-refractivity contribution < 1.29 is 9.15 Å². The third-order valence-corrected chi connectivity index (χ3v) is 4.09. The summed E-state index contributed by atoms with van der Waals surface area (Å²) in [6.45, 7) is 6.06. The van der Waals surface area contributed by atoms with Gasteiger partial charge in [0.05, 0.1) is 11.9 Å². The molecule has 0 fully saturated rings. The average Bonchev–Trinajstić information content (AvgIpc) is 2.67. The van der Waals surface area contributed by atoms with Crippen LogP contribution in [0.4, 0.5) is 0 Å². The number of alkyl halides is 1. The Morgan fingerprint density at radius 2 is 1.83 bits per heavy atom. The molecule has 0 radical (unpaired) electrons. The van der Waals surface area contributed by atoms with E-state index in [0.29, 0.717) is 0 Å². The highest BCUT2D eigenvalue weighted by Gasteiger charge is 2.18. The maximum atomic E-state index is 5.59. The van der Waals surface area contributed by atoms with Gasteiger partial charge in [0.15, 0.2) is 0 Å². The lowest BCUT2D eigenvalue weighted by Gasteiger charge is -2.13. The highest BCUT2D eigenvalue weighted by atomic mass is 79.9. The quantitative estimate of drug-likeness (QED) is 0.767. The normalized spacial score (nSPS) is 12.5. The molecule has 0 aliphatic heterocycles. The molecule has 2 aromatic rings. The van der Waals surface area contributed by atoms with Gasteiger partial charge in [0.1, 0.15) is 17.3 Å². The second-order valence-corrected chi connectivity index (χ2v) is 5.37. The molecular formula is C15H17BrO2. The smallest absolute Gasteiger partial charge is 0.119 e.